The summed E-state index contributed by atoms with van der Waals surface area (Å²) >= 11 is 0. The van der Waals surface area contributed by atoms with E-state index in [1.807, 2.05) is 0 Å². The van der Waals surface area contributed by atoms with Gasteiger partial charge in [-0.15, -0.1) is 0 Å². The van der Waals surface area contributed by atoms with Crippen LogP contribution in [0.15, 0.2) is 24.4 Å². The Balaban J connectivity index is 1.26. The third-order valence-electron chi connectivity index (χ3n) is 5.99. The van der Waals surface area contributed by atoms with Gasteiger partial charge in [-0.05, 0) is 49.8 Å². The third kappa shape index (κ3) is 3.66. The molecule has 2 aliphatic carbocycles. The number of benzene rings is 1. The van der Waals surface area contributed by atoms with Crippen LogP contribution in [0.25, 0.3) is 0 Å². The van der Waals surface area contributed by atoms with Crippen LogP contribution in [0.2, 0.25) is 0 Å². The summed E-state index contributed by atoms with van der Waals surface area (Å²) < 4.78 is 7.54. The molecule has 1 atom stereocenters. The molecular formula is C21H25N5O3. The van der Waals surface area contributed by atoms with Gasteiger partial charge in [0.05, 0.1) is 23.5 Å². The maximum atomic E-state index is 12.6. The zero-order valence-corrected chi connectivity index (χ0v) is 16.2. The lowest BCUT2D eigenvalue weighted by molar-refractivity contribution is -0.118. The van der Waals surface area contributed by atoms with Crippen LogP contribution in [0.3, 0.4) is 0 Å². The first kappa shape index (κ1) is 18.0. The van der Waals surface area contributed by atoms with Gasteiger partial charge in [-0.1, -0.05) is 12.8 Å². The molecule has 8 nitrogen and oxygen atoms in total. The maximum absolute atomic E-state index is 12.6. The van der Waals surface area contributed by atoms with Crippen LogP contribution >= 0.6 is 0 Å². The van der Waals surface area contributed by atoms with Crippen molar-refractivity contribution in [3.8, 4) is 5.75 Å². The molecule has 0 spiro atoms. The Morgan fingerprint density at radius 1 is 1.21 bits per heavy atom. The SMILES string of the molecule is O=C1COc2cc(NC(=O)NC3CCCc4cn(C5CCCC5)nc43)ccc2N1. The van der Waals surface area contributed by atoms with Crippen molar-refractivity contribution in [3.63, 3.8) is 0 Å². The van der Waals surface area contributed by atoms with Gasteiger partial charge < -0.3 is 20.7 Å². The molecule has 152 valence electrons. The Labute approximate surface area is 169 Å². The minimum atomic E-state index is -0.266. The quantitative estimate of drug-likeness (QED) is 0.741. The second kappa shape index (κ2) is 7.42. The minimum Gasteiger partial charge on any atom is -0.482 e. The summed E-state index contributed by atoms with van der Waals surface area (Å²) in [7, 11) is 0. The van der Waals surface area contributed by atoms with Crippen LogP contribution in [0.4, 0.5) is 16.2 Å². The van der Waals surface area contributed by atoms with Crippen LogP contribution < -0.4 is 20.7 Å². The van der Waals surface area contributed by atoms with Gasteiger partial charge in [0.1, 0.15) is 5.75 Å². The first-order valence-corrected chi connectivity index (χ1v) is 10.4. The molecule has 3 N–H and O–H groups in total. The molecule has 1 aliphatic heterocycles. The molecule has 5 rings (SSSR count). The Bertz CT molecular complexity index is 948. The third-order valence-corrected chi connectivity index (χ3v) is 5.99. The number of aryl methyl sites for hydroxylation is 1. The summed E-state index contributed by atoms with van der Waals surface area (Å²) in [5.74, 6) is 0.374. The van der Waals surface area contributed by atoms with E-state index in [0.717, 1.165) is 25.0 Å². The fourth-order valence-electron chi connectivity index (χ4n) is 4.54. The molecule has 1 aromatic carbocycles. The van der Waals surface area contributed by atoms with Gasteiger partial charge in [0.25, 0.3) is 5.91 Å². The van der Waals surface area contributed by atoms with Crippen LogP contribution in [0.1, 0.15) is 61.9 Å². The molecule has 3 aliphatic rings. The predicted octanol–water partition coefficient (Wildman–Crippen LogP) is 3.53. The minimum absolute atomic E-state index is 0.0167. The number of anilines is 2. The lowest BCUT2D eigenvalue weighted by Crippen LogP contribution is -2.34. The standard InChI is InChI=1S/C21H25N5O3/c27-19-12-29-18-10-14(8-9-16(18)23-19)22-21(28)24-17-7-3-4-13-11-26(25-20(13)17)15-5-1-2-6-15/h8-11,15,17H,1-7,12H2,(H,23,27)(H2,22,24,28). The summed E-state index contributed by atoms with van der Waals surface area (Å²) in [4.78, 5) is 24.0. The molecule has 2 heterocycles. The molecule has 3 amide bonds. The molecule has 1 aromatic heterocycles. The number of carbonyl (C=O) groups is 2. The van der Waals surface area contributed by atoms with Crippen molar-refractivity contribution in [1.29, 1.82) is 0 Å². The van der Waals surface area contributed by atoms with Crippen molar-refractivity contribution in [2.45, 2.75) is 57.0 Å². The van der Waals surface area contributed by atoms with E-state index in [1.165, 1.54) is 31.2 Å². The number of urea groups is 1. The highest BCUT2D eigenvalue weighted by Crippen LogP contribution is 2.34. The van der Waals surface area contributed by atoms with Crippen LogP contribution in [-0.4, -0.2) is 28.3 Å². The largest absolute Gasteiger partial charge is 0.482 e. The number of carbonyl (C=O) groups excluding carboxylic acids is 2. The smallest absolute Gasteiger partial charge is 0.319 e. The van der Waals surface area contributed by atoms with Crippen LogP contribution in [0.5, 0.6) is 5.75 Å². The van der Waals surface area contributed by atoms with Crippen LogP contribution in [-0.2, 0) is 11.2 Å². The number of hydrogen-bond donors (Lipinski definition) is 3. The Morgan fingerprint density at radius 2 is 2.07 bits per heavy atom. The number of nitrogens with zero attached hydrogens (tertiary/aromatic N) is 2. The van der Waals surface area contributed by atoms with Crippen molar-refractivity contribution in [3.05, 3.63) is 35.7 Å². The van der Waals surface area contributed by atoms with Crippen molar-refractivity contribution in [1.82, 2.24) is 15.1 Å². The lowest BCUT2D eigenvalue weighted by Gasteiger charge is -2.23. The van der Waals surface area contributed by atoms with Crippen molar-refractivity contribution < 1.29 is 14.3 Å². The molecule has 1 fully saturated rings. The van der Waals surface area contributed by atoms with Gasteiger partial charge in [-0.2, -0.15) is 5.10 Å². The lowest BCUT2D eigenvalue weighted by atomic mass is 9.94. The first-order chi connectivity index (χ1) is 14.2. The topological polar surface area (TPSA) is 97.3 Å². The highest BCUT2D eigenvalue weighted by Gasteiger charge is 2.28. The Kier molecular flexibility index (Phi) is 4.61. The van der Waals surface area contributed by atoms with E-state index in [0.29, 0.717) is 23.2 Å². The fraction of sp³-hybridized carbons (Fsp3) is 0.476. The first-order valence-electron chi connectivity index (χ1n) is 10.4. The Hall–Kier alpha value is -3.03. The molecule has 0 bridgehead atoms. The predicted molar refractivity (Wildman–Crippen MR) is 108 cm³/mol. The van der Waals surface area contributed by atoms with Gasteiger partial charge in [0.2, 0.25) is 0 Å². The van der Waals surface area contributed by atoms with Gasteiger partial charge in [0.15, 0.2) is 6.61 Å². The molecule has 1 saturated carbocycles. The summed E-state index contributed by atoms with van der Waals surface area (Å²) in [6.45, 7) is -0.0167. The van der Waals surface area contributed by atoms with Crippen molar-refractivity contribution in [2.75, 3.05) is 17.2 Å². The zero-order chi connectivity index (χ0) is 19.8. The maximum Gasteiger partial charge on any atom is 0.319 e. The normalized spacial score (nSPS) is 21.0. The van der Waals surface area contributed by atoms with E-state index >= 15 is 0 Å². The van der Waals surface area contributed by atoms with Gasteiger partial charge in [-0.3, -0.25) is 9.48 Å². The zero-order valence-electron chi connectivity index (χ0n) is 16.2. The van der Waals surface area contributed by atoms with Crippen LogP contribution in [0, 0.1) is 0 Å². The van der Waals surface area contributed by atoms with Gasteiger partial charge in [0, 0.05) is 18.0 Å². The summed E-state index contributed by atoms with van der Waals surface area (Å²) in [6.07, 6.45) is 10.1. The van der Waals surface area contributed by atoms with Gasteiger partial charge >= 0.3 is 6.03 Å². The molecule has 29 heavy (non-hydrogen) atoms. The summed E-state index contributed by atoms with van der Waals surface area (Å²) in [6, 6.07) is 5.35. The van der Waals surface area contributed by atoms with Crippen molar-refractivity contribution in [2.24, 2.45) is 0 Å². The van der Waals surface area contributed by atoms with Gasteiger partial charge in [-0.25, -0.2) is 4.79 Å². The average Bonchev–Trinajstić information content (AvgIpc) is 3.38. The molecule has 0 radical (unpaired) electrons. The number of nitrogens with one attached hydrogen (secondary N) is 3. The average molecular weight is 395 g/mol. The van der Waals surface area contributed by atoms with E-state index in [-0.39, 0.29) is 24.6 Å². The highest BCUT2D eigenvalue weighted by molar-refractivity contribution is 5.96. The summed E-state index contributed by atoms with van der Waals surface area (Å²) in [5, 5.41) is 13.5. The number of hydrogen-bond acceptors (Lipinski definition) is 4. The van der Waals surface area contributed by atoms with Crippen molar-refractivity contribution >= 4 is 23.3 Å². The van der Waals surface area contributed by atoms with E-state index < -0.39 is 0 Å². The van der Waals surface area contributed by atoms with E-state index in [4.69, 9.17) is 9.84 Å². The molecule has 2 aromatic rings. The summed E-state index contributed by atoms with van der Waals surface area (Å²) in [5.41, 5.74) is 3.49. The fourth-order valence-corrected chi connectivity index (χ4v) is 4.54. The number of amides is 3. The number of aromatic nitrogens is 2. The highest BCUT2D eigenvalue weighted by atomic mass is 16.5. The van der Waals surface area contributed by atoms with E-state index in [1.54, 1.807) is 18.2 Å². The second-order valence-corrected chi connectivity index (χ2v) is 8.05. The number of ether oxygens (including phenoxy) is 1. The van der Waals surface area contributed by atoms with E-state index in [2.05, 4.69) is 26.8 Å². The monoisotopic (exact) mass is 395 g/mol. The Morgan fingerprint density at radius 3 is 2.93 bits per heavy atom. The van der Waals surface area contributed by atoms with E-state index in [9.17, 15) is 9.59 Å². The molecule has 8 heteroatoms. The number of fused-ring (bicyclic) bond motifs is 2. The molecular weight excluding hydrogens is 370 g/mol. The molecule has 0 saturated heterocycles. The number of rotatable bonds is 3. The molecule has 1 unspecified atom stereocenters. The second-order valence-electron chi connectivity index (χ2n) is 8.05.